The first-order valence-corrected chi connectivity index (χ1v) is 12.1. The van der Waals surface area contributed by atoms with Gasteiger partial charge in [-0.05, 0) is 76.6 Å². The fourth-order valence-corrected chi connectivity index (χ4v) is 4.45. The van der Waals surface area contributed by atoms with Gasteiger partial charge in [-0.2, -0.15) is 0 Å². The van der Waals surface area contributed by atoms with Gasteiger partial charge < -0.3 is 0 Å². The van der Waals surface area contributed by atoms with Gasteiger partial charge in [-0.3, -0.25) is 0 Å². The lowest BCUT2D eigenvalue weighted by Gasteiger charge is -2.12. The Bertz CT molecular complexity index is 1140. The molecule has 33 heavy (non-hydrogen) atoms. The highest BCUT2D eigenvalue weighted by atomic mass is 19.1. The smallest absolute Gasteiger partial charge is 0.127 e. The van der Waals surface area contributed by atoms with Gasteiger partial charge in [-0.1, -0.05) is 111 Å². The Morgan fingerprint density at radius 2 is 1.21 bits per heavy atom. The van der Waals surface area contributed by atoms with Crippen LogP contribution in [0.4, 0.5) is 4.39 Å². The molecule has 0 bridgehead atoms. The van der Waals surface area contributed by atoms with Crippen LogP contribution in [0.2, 0.25) is 0 Å². The van der Waals surface area contributed by atoms with E-state index in [1.807, 2.05) is 12.1 Å². The molecule has 4 aromatic rings. The van der Waals surface area contributed by atoms with Gasteiger partial charge in [-0.15, -0.1) is 0 Å². The molecule has 0 nitrogen and oxygen atoms in total. The number of hydrogen-bond donors (Lipinski definition) is 0. The van der Waals surface area contributed by atoms with E-state index in [1.54, 1.807) is 6.07 Å². The van der Waals surface area contributed by atoms with Gasteiger partial charge in [0.15, 0.2) is 0 Å². The number of hydrogen-bond acceptors (Lipinski definition) is 0. The van der Waals surface area contributed by atoms with E-state index in [2.05, 4.69) is 92.7 Å². The maximum atomic E-state index is 14.3. The molecule has 1 heteroatoms. The van der Waals surface area contributed by atoms with Gasteiger partial charge in [0.05, 0.1) is 0 Å². The third-order valence-corrected chi connectivity index (χ3v) is 6.50. The predicted molar refractivity (Wildman–Crippen MR) is 138 cm³/mol. The molecule has 0 N–H and O–H groups in total. The summed E-state index contributed by atoms with van der Waals surface area (Å²) in [7, 11) is 0. The highest BCUT2D eigenvalue weighted by molar-refractivity contribution is 5.64. The third-order valence-electron chi connectivity index (χ3n) is 6.50. The van der Waals surface area contributed by atoms with Gasteiger partial charge in [0.25, 0.3) is 0 Å². The summed E-state index contributed by atoms with van der Waals surface area (Å²) in [6, 6.07) is 34.0. The normalized spacial score (nSPS) is 12.0. The van der Waals surface area contributed by atoms with E-state index in [-0.39, 0.29) is 5.82 Å². The predicted octanol–water partition coefficient (Wildman–Crippen LogP) is 8.58. The molecule has 168 valence electrons. The Morgan fingerprint density at radius 3 is 1.82 bits per heavy atom. The maximum Gasteiger partial charge on any atom is 0.127 e. The van der Waals surface area contributed by atoms with Crippen molar-refractivity contribution in [2.24, 2.45) is 0 Å². The van der Waals surface area contributed by atoms with Gasteiger partial charge in [0, 0.05) is 0 Å². The number of benzene rings is 4. The Hall–Kier alpha value is -3.19. The number of aryl methyl sites for hydroxylation is 3. The average molecular weight is 437 g/mol. The molecule has 0 aromatic heterocycles. The minimum absolute atomic E-state index is 0.0972. The lowest BCUT2D eigenvalue weighted by Crippen LogP contribution is -1.99. The molecular weight excluding hydrogens is 403 g/mol. The second-order valence-electron chi connectivity index (χ2n) is 9.09. The van der Waals surface area contributed by atoms with Crippen LogP contribution in [0, 0.1) is 5.82 Å². The Labute approximate surface area is 198 Å². The summed E-state index contributed by atoms with van der Waals surface area (Å²) in [6.45, 7) is 4.37. The minimum atomic E-state index is -0.0972. The summed E-state index contributed by atoms with van der Waals surface area (Å²) in [5, 5.41) is 0. The average Bonchev–Trinajstić information content (AvgIpc) is 2.86. The van der Waals surface area contributed by atoms with Crippen molar-refractivity contribution in [3.05, 3.63) is 131 Å². The first kappa shape index (κ1) is 23.0. The second-order valence-corrected chi connectivity index (χ2v) is 9.09. The van der Waals surface area contributed by atoms with E-state index in [0.717, 1.165) is 48.8 Å². The molecule has 4 rings (SSSR count). The van der Waals surface area contributed by atoms with Gasteiger partial charge >= 0.3 is 0 Å². The fourth-order valence-electron chi connectivity index (χ4n) is 4.45. The van der Waals surface area contributed by atoms with E-state index < -0.39 is 0 Å². The van der Waals surface area contributed by atoms with Gasteiger partial charge in [-0.25, -0.2) is 4.39 Å². The standard InChI is InChI=1S/C32H33F/c1-3-7-30-20-21-31(23-32(30)33)29-18-16-26(17-19-29)11-10-25-12-14-27(15-13-25)22-24(2)28-8-5-4-6-9-28/h4-6,8-9,12-21,23-24H,3,7,10-11,22H2,1-2H3. The Kier molecular flexibility index (Phi) is 7.73. The summed E-state index contributed by atoms with van der Waals surface area (Å²) < 4.78 is 14.3. The first-order chi connectivity index (χ1) is 16.1. The lowest BCUT2D eigenvalue weighted by molar-refractivity contribution is 0.608. The van der Waals surface area contributed by atoms with Crippen LogP contribution in [0.5, 0.6) is 0 Å². The van der Waals surface area contributed by atoms with Gasteiger partial charge in [0.2, 0.25) is 0 Å². The summed E-state index contributed by atoms with van der Waals surface area (Å²) in [4.78, 5) is 0. The van der Waals surface area contributed by atoms with Crippen LogP contribution in [0.25, 0.3) is 11.1 Å². The number of halogens is 1. The summed E-state index contributed by atoms with van der Waals surface area (Å²) in [6.07, 6.45) is 4.84. The Balaban J connectivity index is 1.32. The van der Waals surface area contributed by atoms with Gasteiger partial charge in [0.1, 0.15) is 5.82 Å². The molecule has 1 unspecified atom stereocenters. The molecule has 0 saturated heterocycles. The Morgan fingerprint density at radius 1 is 0.636 bits per heavy atom. The quantitative estimate of drug-likeness (QED) is 0.246. The molecule has 0 fully saturated rings. The van der Waals surface area contributed by atoms with Crippen LogP contribution < -0.4 is 0 Å². The molecule has 0 aliphatic rings. The van der Waals surface area contributed by atoms with Crippen molar-refractivity contribution >= 4 is 0 Å². The van der Waals surface area contributed by atoms with Crippen molar-refractivity contribution in [1.82, 2.24) is 0 Å². The van der Waals surface area contributed by atoms with Crippen LogP contribution in [0.3, 0.4) is 0 Å². The van der Waals surface area contributed by atoms with E-state index in [0.29, 0.717) is 5.92 Å². The monoisotopic (exact) mass is 436 g/mol. The summed E-state index contributed by atoms with van der Waals surface area (Å²) >= 11 is 0. The minimum Gasteiger partial charge on any atom is -0.207 e. The van der Waals surface area contributed by atoms with Crippen LogP contribution >= 0.6 is 0 Å². The molecule has 0 heterocycles. The molecule has 1 atom stereocenters. The second kappa shape index (κ2) is 11.1. The van der Waals surface area contributed by atoms with Crippen molar-refractivity contribution in [3.8, 4) is 11.1 Å². The fraction of sp³-hybridized carbons (Fsp3) is 0.250. The summed E-state index contributed by atoms with van der Waals surface area (Å²) in [5.41, 5.74) is 8.27. The topological polar surface area (TPSA) is 0 Å². The maximum absolute atomic E-state index is 14.3. The van der Waals surface area contributed by atoms with E-state index in [1.165, 1.54) is 22.3 Å². The number of rotatable bonds is 9. The SMILES string of the molecule is CCCc1ccc(-c2ccc(CCc3ccc(CC(C)c4ccccc4)cc3)cc2)cc1F. The van der Waals surface area contributed by atoms with Crippen molar-refractivity contribution in [3.63, 3.8) is 0 Å². The molecule has 0 saturated carbocycles. The van der Waals surface area contributed by atoms with Crippen molar-refractivity contribution in [2.75, 3.05) is 0 Å². The lowest BCUT2D eigenvalue weighted by atomic mass is 9.93. The first-order valence-electron chi connectivity index (χ1n) is 12.1. The van der Waals surface area contributed by atoms with Crippen LogP contribution in [-0.2, 0) is 25.7 Å². The summed E-state index contributed by atoms with van der Waals surface area (Å²) in [5.74, 6) is 0.423. The zero-order valence-corrected chi connectivity index (χ0v) is 19.7. The molecule has 0 amide bonds. The van der Waals surface area contributed by atoms with Crippen LogP contribution in [0.15, 0.2) is 97.1 Å². The van der Waals surface area contributed by atoms with E-state index in [4.69, 9.17) is 0 Å². The third kappa shape index (κ3) is 6.20. The molecular formula is C32H33F. The highest BCUT2D eigenvalue weighted by Gasteiger charge is 2.07. The molecule has 0 spiro atoms. The van der Waals surface area contributed by atoms with Crippen molar-refractivity contribution in [1.29, 1.82) is 0 Å². The largest absolute Gasteiger partial charge is 0.207 e. The molecule has 4 aromatic carbocycles. The highest BCUT2D eigenvalue weighted by Crippen LogP contribution is 2.24. The van der Waals surface area contributed by atoms with Crippen molar-refractivity contribution < 1.29 is 4.39 Å². The molecule has 0 radical (unpaired) electrons. The zero-order chi connectivity index (χ0) is 23.0. The zero-order valence-electron chi connectivity index (χ0n) is 19.7. The van der Waals surface area contributed by atoms with E-state index in [9.17, 15) is 4.39 Å². The van der Waals surface area contributed by atoms with Crippen molar-refractivity contribution in [2.45, 2.75) is 51.9 Å². The molecule has 0 aliphatic carbocycles. The van der Waals surface area contributed by atoms with Crippen LogP contribution in [0.1, 0.15) is 54.0 Å². The van der Waals surface area contributed by atoms with Crippen LogP contribution in [-0.4, -0.2) is 0 Å². The van der Waals surface area contributed by atoms with E-state index >= 15 is 0 Å². The molecule has 0 aliphatic heterocycles.